The van der Waals surface area contributed by atoms with E-state index < -0.39 is 0 Å². The SMILES string of the molecule is COc1ccc(Br)c(CO)c1OCc1ccccc1F. The first-order valence-electron chi connectivity index (χ1n) is 5.99. The van der Waals surface area contributed by atoms with E-state index in [2.05, 4.69) is 15.9 Å². The second-order valence-corrected chi connectivity index (χ2v) is 4.95. The van der Waals surface area contributed by atoms with Gasteiger partial charge in [0, 0.05) is 15.6 Å². The molecule has 0 fully saturated rings. The van der Waals surface area contributed by atoms with Crippen molar-refractivity contribution in [2.45, 2.75) is 13.2 Å². The van der Waals surface area contributed by atoms with Crippen LogP contribution in [0.2, 0.25) is 0 Å². The van der Waals surface area contributed by atoms with Gasteiger partial charge in [0.2, 0.25) is 0 Å². The van der Waals surface area contributed by atoms with E-state index >= 15 is 0 Å². The Labute approximate surface area is 125 Å². The van der Waals surface area contributed by atoms with Crippen molar-refractivity contribution in [2.75, 3.05) is 7.11 Å². The summed E-state index contributed by atoms with van der Waals surface area (Å²) in [6.45, 7) is -0.142. The molecule has 106 valence electrons. The first-order valence-corrected chi connectivity index (χ1v) is 6.79. The van der Waals surface area contributed by atoms with Gasteiger partial charge in [-0.05, 0) is 18.2 Å². The van der Waals surface area contributed by atoms with Gasteiger partial charge in [0.25, 0.3) is 0 Å². The Hall–Kier alpha value is -1.59. The van der Waals surface area contributed by atoms with E-state index in [9.17, 15) is 9.50 Å². The molecule has 0 saturated carbocycles. The zero-order chi connectivity index (χ0) is 14.5. The van der Waals surface area contributed by atoms with Crippen molar-refractivity contribution in [3.05, 3.63) is 57.8 Å². The highest BCUT2D eigenvalue weighted by Gasteiger charge is 2.14. The molecule has 0 saturated heterocycles. The van der Waals surface area contributed by atoms with Crippen LogP contribution in [0.4, 0.5) is 4.39 Å². The van der Waals surface area contributed by atoms with Gasteiger partial charge in [0.15, 0.2) is 11.5 Å². The number of ether oxygens (including phenoxy) is 2. The fourth-order valence-electron chi connectivity index (χ4n) is 1.81. The van der Waals surface area contributed by atoms with E-state index in [1.54, 1.807) is 30.3 Å². The minimum atomic E-state index is -0.327. The molecule has 2 rings (SSSR count). The first kappa shape index (κ1) is 14.8. The first-order chi connectivity index (χ1) is 9.67. The molecule has 0 radical (unpaired) electrons. The maximum Gasteiger partial charge on any atom is 0.168 e. The quantitative estimate of drug-likeness (QED) is 0.902. The maximum atomic E-state index is 13.6. The van der Waals surface area contributed by atoms with Crippen LogP contribution in [0.5, 0.6) is 11.5 Å². The Bertz CT molecular complexity index is 602. The normalized spacial score (nSPS) is 10.4. The van der Waals surface area contributed by atoms with Gasteiger partial charge < -0.3 is 14.6 Å². The van der Waals surface area contributed by atoms with E-state index in [0.29, 0.717) is 27.1 Å². The van der Waals surface area contributed by atoms with E-state index in [0.717, 1.165) is 0 Å². The summed E-state index contributed by atoms with van der Waals surface area (Å²) in [5.74, 6) is 0.577. The molecule has 0 aliphatic rings. The molecule has 2 aromatic rings. The molecule has 0 amide bonds. The molecule has 0 atom stereocenters. The minimum absolute atomic E-state index is 0.0620. The number of hydrogen-bond acceptors (Lipinski definition) is 3. The van der Waals surface area contributed by atoms with Gasteiger partial charge in [0.1, 0.15) is 12.4 Å². The van der Waals surface area contributed by atoms with E-state index in [1.807, 2.05) is 0 Å². The average Bonchev–Trinajstić information content (AvgIpc) is 2.46. The largest absolute Gasteiger partial charge is 0.493 e. The van der Waals surface area contributed by atoms with Gasteiger partial charge in [-0.1, -0.05) is 34.1 Å². The van der Waals surface area contributed by atoms with Crippen molar-refractivity contribution in [2.24, 2.45) is 0 Å². The van der Waals surface area contributed by atoms with Crippen LogP contribution in [0.3, 0.4) is 0 Å². The van der Waals surface area contributed by atoms with Gasteiger partial charge in [-0.15, -0.1) is 0 Å². The Balaban J connectivity index is 2.29. The smallest absolute Gasteiger partial charge is 0.168 e. The summed E-state index contributed by atoms with van der Waals surface area (Å²) in [7, 11) is 1.51. The highest BCUT2D eigenvalue weighted by Crippen LogP contribution is 2.36. The lowest BCUT2D eigenvalue weighted by atomic mass is 10.2. The Kier molecular flexibility index (Phi) is 4.98. The number of rotatable bonds is 5. The molecule has 0 bridgehead atoms. The van der Waals surface area contributed by atoms with Crippen molar-refractivity contribution in [3.8, 4) is 11.5 Å². The number of aliphatic hydroxyl groups excluding tert-OH is 1. The van der Waals surface area contributed by atoms with Crippen LogP contribution in [0.1, 0.15) is 11.1 Å². The molecule has 1 N–H and O–H groups in total. The molecule has 0 unspecified atom stereocenters. The molecule has 3 nitrogen and oxygen atoms in total. The maximum absolute atomic E-state index is 13.6. The third-order valence-corrected chi connectivity index (χ3v) is 3.62. The van der Waals surface area contributed by atoms with Crippen molar-refractivity contribution < 1.29 is 19.0 Å². The number of aliphatic hydroxyl groups is 1. The third-order valence-electron chi connectivity index (χ3n) is 2.88. The summed E-state index contributed by atoms with van der Waals surface area (Å²) < 4.78 is 25.1. The monoisotopic (exact) mass is 340 g/mol. The lowest BCUT2D eigenvalue weighted by molar-refractivity contribution is 0.247. The lowest BCUT2D eigenvalue weighted by Gasteiger charge is -2.15. The van der Waals surface area contributed by atoms with Crippen LogP contribution in [0.25, 0.3) is 0 Å². The van der Waals surface area contributed by atoms with Gasteiger partial charge in [-0.25, -0.2) is 4.39 Å². The zero-order valence-electron chi connectivity index (χ0n) is 10.9. The van der Waals surface area contributed by atoms with Gasteiger partial charge in [-0.3, -0.25) is 0 Å². The predicted molar refractivity (Wildman–Crippen MR) is 77.3 cm³/mol. The van der Waals surface area contributed by atoms with E-state index in [1.165, 1.54) is 13.2 Å². The average molecular weight is 341 g/mol. The fourth-order valence-corrected chi connectivity index (χ4v) is 2.25. The fraction of sp³-hybridized carbons (Fsp3) is 0.200. The van der Waals surface area contributed by atoms with Crippen LogP contribution in [0.15, 0.2) is 40.9 Å². The summed E-state index contributed by atoms with van der Waals surface area (Å²) in [6.07, 6.45) is 0. The molecular formula is C15H14BrFO3. The Morgan fingerprint density at radius 1 is 1.20 bits per heavy atom. The molecule has 0 heterocycles. The summed E-state index contributed by atoms with van der Waals surface area (Å²) in [6, 6.07) is 9.88. The van der Waals surface area contributed by atoms with Crippen molar-refractivity contribution in [1.29, 1.82) is 0 Å². The Morgan fingerprint density at radius 2 is 1.95 bits per heavy atom. The van der Waals surface area contributed by atoms with Crippen LogP contribution in [-0.4, -0.2) is 12.2 Å². The molecule has 20 heavy (non-hydrogen) atoms. The Morgan fingerprint density at radius 3 is 2.60 bits per heavy atom. The summed E-state index contributed by atoms with van der Waals surface area (Å²) in [4.78, 5) is 0. The van der Waals surface area contributed by atoms with Crippen molar-refractivity contribution in [3.63, 3.8) is 0 Å². The van der Waals surface area contributed by atoms with Crippen LogP contribution in [0, 0.1) is 5.82 Å². The number of hydrogen-bond donors (Lipinski definition) is 1. The van der Waals surface area contributed by atoms with E-state index in [4.69, 9.17) is 9.47 Å². The van der Waals surface area contributed by atoms with E-state index in [-0.39, 0.29) is 19.0 Å². The molecular weight excluding hydrogens is 327 g/mol. The summed E-state index contributed by atoms with van der Waals surface area (Å²) in [5, 5.41) is 9.43. The van der Waals surface area contributed by atoms with Gasteiger partial charge in [-0.2, -0.15) is 0 Å². The minimum Gasteiger partial charge on any atom is -0.493 e. The number of halogens is 2. The number of methoxy groups -OCH3 is 1. The molecule has 0 aliphatic carbocycles. The van der Waals surface area contributed by atoms with Crippen molar-refractivity contribution >= 4 is 15.9 Å². The highest BCUT2D eigenvalue weighted by molar-refractivity contribution is 9.10. The van der Waals surface area contributed by atoms with Crippen LogP contribution >= 0.6 is 15.9 Å². The highest BCUT2D eigenvalue weighted by atomic mass is 79.9. The molecule has 0 spiro atoms. The van der Waals surface area contributed by atoms with Crippen molar-refractivity contribution in [1.82, 2.24) is 0 Å². The van der Waals surface area contributed by atoms with Gasteiger partial charge >= 0.3 is 0 Å². The molecule has 0 aliphatic heterocycles. The van der Waals surface area contributed by atoms with Gasteiger partial charge in [0.05, 0.1) is 13.7 Å². The molecule has 5 heteroatoms. The van der Waals surface area contributed by atoms with Crippen LogP contribution in [-0.2, 0) is 13.2 Å². The second-order valence-electron chi connectivity index (χ2n) is 4.10. The topological polar surface area (TPSA) is 38.7 Å². The van der Waals surface area contributed by atoms with Crippen LogP contribution < -0.4 is 9.47 Å². The molecule has 2 aromatic carbocycles. The molecule has 0 aromatic heterocycles. The summed E-state index contributed by atoms with van der Waals surface area (Å²) >= 11 is 3.34. The third kappa shape index (κ3) is 3.11. The standard InChI is InChI=1S/C15H14BrFO3/c1-19-14-7-6-12(16)11(8-18)15(14)20-9-10-4-2-3-5-13(10)17/h2-7,18H,8-9H2,1H3. The predicted octanol–water partition coefficient (Wildman–Crippen LogP) is 3.67. The lowest BCUT2D eigenvalue weighted by Crippen LogP contribution is -2.03. The zero-order valence-corrected chi connectivity index (χ0v) is 12.5. The summed E-state index contributed by atoms with van der Waals surface area (Å²) in [5.41, 5.74) is 1.01. The second kappa shape index (κ2) is 6.72. The number of benzene rings is 2.